The van der Waals surface area contributed by atoms with Crippen molar-refractivity contribution in [2.45, 2.75) is 18.7 Å². The third-order valence-corrected chi connectivity index (χ3v) is 6.13. The fourth-order valence-corrected chi connectivity index (χ4v) is 3.97. The molecule has 0 aliphatic carbocycles. The number of carbonyl (C=O) groups excluding carboxylic acids is 1. The Labute approximate surface area is 158 Å². The average Bonchev–Trinajstić information content (AvgIpc) is 2.67. The van der Waals surface area contributed by atoms with E-state index < -0.39 is 16.0 Å². The molecule has 0 aromatic heterocycles. The highest BCUT2D eigenvalue weighted by atomic mass is 32.2. The van der Waals surface area contributed by atoms with E-state index in [1.807, 2.05) is 0 Å². The molecule has 0 aliphatic heterocycles. The lowest BCUT2D eigenvalue weighted by Gasteiger charge is -2.18. The lowest BCUT2D eigenvalue weighted by molar-refractivity contribution is 0.0696. The molecule has 27 heavy (non-hydrogen) atoms. The minimum Gasteiger partial charge on any atom is -0.478 e. The number of carboxylic acid groups (broad SMARTS) is 1. The van der Waals surface area contributed by atoms with E-state index in [1.54, 1.807) is 32.1 Å². The third kappa shape index (κ3) is 4.90. The monoisotopic (exact) mass is 387 g/mol. The molecule has 0 bridgehead atoms. The largest absolute Gasteiger partial charge is 0.478 e. The van der Waals surface area contributed by atoms with Gasteiger partial charge in [-0.15, -0.1) is 0 Å². The zero-order valence-corrected chi connectivity index (χ0v) is 15.9. The number of rotatable bonds is 8. The van der Waals surface area contributed by atoms with Crippen LogP contribution < -0.4 is 0 Å². The van der Waals surface area contributed by atoms with E-state index in [4.69, 9.17) is 5.11 Å². The Hall–Kier alpha value is -2.77. The van der Waals surface area contributed by atoms with Crippen LogP contribution in [-0.4, -0.2) is 42.7 Å². The van der Waals surface area contributed by atoms with E-state index in [9.17, 15) is 18.0 Å². The molecular formula is C20H21NO5S. The summed E-state index contributed by atoms with van der Waals surface area (Å²) >= 11 is 0. The molecule has 0 amide bonds. The summed E-state index contributed by atoms with van der Waals surface area (Å²) in [6, 6.07) is 11.9. The number of ketones is 1. The average molecular weight is 387 g/mol. The maximum atomic E-state index is 12.4. The summed E-state index contributed by atoms with van der Waals surface area (Å²) in [5.74, 6) is -1.29. The number of aromatic carboxylic acids is 1. The Balaban J connectivity index is 2.14. The quantitative estimate of drug-likeness (QED) is 0.554. The van der Waals surface area contributed by atoms with Crippen LogP contribution in [0.2, 0.25) is 0 Å². The summed E-state index contributed by atoms with van der Waals surface area (Å²) in [5.41, 5.74) is 1.23. The van der Waals surface area contributed by atoms with Gasteiger partial charge in [-0.25, -0.2) is 13.2 Å². The zero-order valence-electron chi connectivity index (χ0n) is 15.1. The van der Waals surface area contributed by atoms with Crippen LogP contribution in [0.4, 0.5) is 0 Å². The Morgan fingerprint density at radius 3 is 1.93 bits per heavy atom. The Morgan fingerprint density at radius 1 is 0.926 bits per heavy atom. The summed E-state index contributed by atoms with van der Waals surface area (Å²) in [6.45, 7) is 4.30. The number of carbonyl (C=O) groups is 2. The summed E-state index contributed by atoms with van der Waals surface area (Å²) in [6.07, 6.45) is 2.94. The van der Waals surface area contributed by atoms with E-state index in [0.717, 1.165) is 0 Å². The molecule has 0 saturated heterocycles. The van der Waals surface area contributed by atoms with Crippen molar-refractivity contribution in [3.05, 3.63) is 71.3 Å². The lowest BCUT2D eigenvalue weighted by Crippen LogP contribution is -2.30. The molecule has 2 aromatic carbocycles. The summed E-state index contributed by atoms with van der Waals surface area (Å²) < 4.78 is 26.2. The number of allylic oxidation sites excluding steroid dienone is 1. The second kappa shape index (κ2) is 8.75. The molecule has 2 rings (SSSR count). The first kappa shape index (κ1) is 20.5. The fourth-order valence-electron chi connectivity index (χ4n) is 2.51. The molecule has 7 heteroatoms. The molecule has 1 N–H and O–H groups in total. The minimum atomic E-state index is -3.55. The predicted molar refractivity (Wildman–Crippen MR) is 103 cm³/mol. The Bertz CT molecular complexity index is 941. The maximum Gasteiger partial charge on any atom is 0.335 e. The third-order valence-electron chi connectivity index (χ3n) is 4.07. The summed E-state index contributed by atoms with van der Waals surface area (Å²) in [5, 5.41) is 8.87. The molecule has 142 valence electrons. The van der Waals surface area contributed by atoms with Gasteiger partial charge in [0.25, 0.3) is 0 Å². The molecule has 2 aromatic rings. The summed E-state index contributed by atoms with van der Waals surface area (Å²) in [4.78, 5) is 23.2. The van der Waals surface area contributed by atoms with Crippen molar-refractivity contribution in [1.29, 1.82) is 0 Å². The van der Waals surface area contributed by atoms with Crippen molar-refractivity contribution in [1.82, 2.24) is 4.31 Å². The van der Waals surface area contributed by atoms with Gasteiger partial charge in [0.1, 0.15) is 0 Å². The number of hydrogen-bond donors (Lipinski definition) is 1. The van der Waals surface area contributed by atoms with E-state index in [0.29, 0.717) is 24.2 Å². The molecule has 0 unspecified atom stereocenters. The number of sulfonamides is 1. The van der Waals surface area contributed by atoms with Crippen molar-refractivity contribution in [2.75, 3.05) is 13.1 Å². The first-order valence-electron chi connectivity index (χ1n) is 8.45. The molecule has 0 fully saturated rings. The maximum absolute atomic E-state index is 12.4. The smallest absolute Gasteiger partial charge is 0.335 e. The second-order valence-corrected chi connectivity index (χ2v) is 7.68. The number of carboxylic acids is 1. The van der Waals surface area contributed by atoms with Crippen LogP contribution in [0.3, 0.4) is 0 Å². The number of benzene rings is 2. The van der Waals surface area contributed by atoms with Crippen molar-refractivity contribution in [2.24, 2.45) is 0 Å². The van der Waals surface area contributed by atoms with Gasteiger partial charge in [0.2, 0.25) is 10.0 Å². The van der Waals surface area contributed by atoms with Gasteiger partial charge < -0.3 is 5.11 Å². The number of nitrogens with zero attached hydrogens (tertiary/aromatic N) is 1. The molecule has 0 spiro atoms. The highest BCUT2D eigenvalue weighted by molar-refractivity contribution is 7.89. The van der Waals surface area contributed by atoms with Crippen molar-refractivity contribution >= 4 is 27.9 Å². The van der Waals surface area contributed by atoms with Gasteiger partial charge in [-0.2, -0.15) is 4.31 Å². The summed E-state index contributed by atoms with van der Waals surface area (Å²) in [7, 11) is -3.55. The number of hydrogen-bond acceptors (Lipinski definition) is 4. The van der Waals surface area contributed by atoms with E-state index >= 15 is 0 Å². The van der Waals surface area contributed by atoms with Crippen LogP contribution in [0.1, 0.15) is 40.1 Å². The fraction of sp³-hybridized carbons (Fsp3) is 0.200. The van der Waals surface area contributed by atoms with Gasteiger partial charge in [0.15, 0.2) is 5.78 Å². The van der Waals surface area contributed by atoms with E-state index in [1.165, 1.54) is 46.8 Å². The van der Waals surface area contributed by atoms with Gasteiger partial charge in [0.05, 0.1) is 10.5 Å². The van der Waals surface area contributed by atoms with Crippen LogP contribution in [0.15, 0.2) is 59.5 Å². The van der Waals surface area contributed by atoms with Gasteiger partial charge >= 0.3 is 5.97 Å². The van der Waals surface area contributed by atoms with Gasteiger partial charge in [-0.3, -0.25) is 4.79 Å². The second-order valence-electron chi connectivity index (χ2n) is 5.74. The first-order chi connectivity index (χ1) is 12.8. The van der Waals surface area contributed by atoms with Crippen molar-refractivity contribution < 1.29 is 23.1 Å². The van der Waals surface area contributed by atoms with Gasteiger partial charge in [0, 0.05) is 18.7 Å². The van der Waals surface area contributed by atoms with Crippen LogP contribution in [0.25, 0.3) is 6.08 Å². The zero-order chi connectivity index (χ0) is 20.0. The molecule has 0 aliphatic rings. The molecular weight excluding hydrogens is 366 g/mol. The molecule has 0 saturated carbocycles. The SMILES string of the molecule is CCN(CC)S(=O)(=O)c1ccc(C(=O)C=Cc2ccc(C(=O)O)cc2)cc1. The minimum absolute atomic E-state index is 0.149. The van der Waals surface area contributed by atoms with Crippen LogP contribution >= 0.6 is 0 Å². The molecule has 0 radical (unpaired) electrons. The first-order valence-corrected chi connectivity index (χ1v) is 9.89. The highest BCUT2D eigenvalue weighted by Gasteiger charge is 2.21. The van der Waals surface area contributed by atoms with Gasteiger partial charge in [-0.05, 0) is 48.0 Å². The van der Waals surface area contributed by atoms with Gasteiger partial charge in [-0.1, -0.05) is 32.1 Å². The van der Waals surface area contributed by atoms with Crippen LogP contribution in [-0.2, 0) is 10.0 Å². The Kier molecular flexibility index (Phi) is 6.65. The van der Waals surface area contributed by atoms with Crippen LogP contribution in [0.5, 0.6) is 0 Å². The standard InChI is InChI=1S/C20H21NO5S/c1-3-21(4-2)27(25,26)18-12-10-16(11-13-18)19(22)14-7-15-5-8-17(9-6-15)20(23)24/h5-14H,3-4H2,1-2H3,(H,23,24). The molecule has 6 nitrogen and oxygen atoms in total. The molecule has 0 atom stereocenters. The molecule has 0 heterocycles. The predicted octanol–water partition coefficient (Wildman–Crippen LogP) is 3.31. The normalized spacial score (nSPS) is 11.8. The Morgan fingerprint density at radius 2 is 1.44 bits per heavy atom. The van der Waals surface area contributed by atoms with E-state index in [-0.39, 0.29) is 16.2 Å². The van der Waals surface area contributed by atoms with Crippen LogP contribution in [0, 0.1) is 0 Å². The van der Waals surface area contributed by atoms with Crippen molar-refractivity contribution in [3.8, 4) is 0 Å². The lowest BCUT2D eigenvalue weighted by atomic mass is 10.1. The highest BCUT2D eigenvalue weighted by Crippen LogP contribution is 2.17. The van der Waals surface area contributed by atoms with E-state index in [2.05, 4.69) is 0 Å². The topological polar surface area (TPSA) is 91.8 Å². The van der Waals surface area contributed by atoms with Crippen molar-refractivity contribution in [3.63, 3.8) is 0 Å².